The monoisotopic (exact) mass is 416 g/mol. The third kappa shape index (κ3) is 4.84. The summed E-state index contributed by atoms with van der Waals surface area (Å²) in [7, 11) is 1.86. The topological polar surface area (TPSA) is 83.4 Å². The summed E-state index contributed by atoms with van der Waals surface area (Å²) in [6.45, 7) is 4.70. The van der Waals surface area contributed by atoms with Gasteiger partial charge in [0.1, 0.15) is 10.7 Å². The fraction of sp³-hybridized carbons (Fsp3) is 0.600. The molecule has 2 fully saturated rings. The molecular weight excluding hydrogens is 388 g/mol. The van der Waals surface area contributed by atoms with E-state index in [2.05, 4.69) is 20.3 Å². The maximum absolute atomic E-state index is 12.5. The van der Waals surface area contributed by atoms with Crippen LogP contribution < -0.4 is 5.32 Å². The SMILES string of the molecule is Cn1cc(-c2nc(C(=O)NCCN3CCN(C(=O)C4CCCC4)CC3)cs2)cn1. The Morgan fingerprint density at radius 3 is 2.66 bits per heavy atom. The van der Waals surface area contributed by atoms with Crippen molar-refractivity contribution in [2.24, 2.45) is 13.0 Å². The van der Waals surface area contributed by atoms with E-state index >= 15 is 0 Å². The van der Waals surface area contributed by atoms with Crippen LogP contribution in [0.15, 0.2) is 17.8 Å². The number of aromatic nitrogens is 3. The van der Waals surface area contributed by atoms with E-state index in [0.717, 1.165) is 56.1 Å². The van der Waals surface area contributed by atoms with Crippen LogP contribution in [0.5, 0.6) is 0 Å². The zero-order valence-electron chi connectivity index (χ0n) is 16.8. The molecule has 0 aromatic carbocycles. The zero-order chi connectivity index (χ0) is 20.2. The largest absolute Gasteiger partial charge is 0.349 e. The highest BCUT2D eigenvalue weighted by Crippen LogP contribution is 2.27. The minimum absolute atomic E-state index is 0.147. The van der Waals surface area contributed by atoms with E-state index in [1.54, 1.807) is 16.3 Å². The molecule has 3 heterocycles. The molecule has 0 radical (unpaired) electrons. The fourth-order valence-electron chi connectivity index (χ4n) is 4.08. The van der Waals surface area contributed by atoms with E-state index in [1.165, 1.54) is 24.2 Å². The van der Waals surface area contributed by atoms with Crippen LogP contribution in [0.3, 0.4) is 0 Å². The van der Waals surface area contributed by atoms with Gasteiger partial charge in [0.05, 0.1) is 6.20 Å². The highest BCUT2D eigenvalue weighted by atomic mass is 32.1. The Balaban J connectivity index is 1.18. The van der Waals surface area contributed by atoms with Gasteiger partial charge < -0.3 is 10.2 Å². The average Bonchev–Trinajstić information content (AvgIpc) is 3.49. The van der Waals surface area contributed by atoms with Gasteiger partial charge in [-0.2, -0.15) is 5.10 Å². The number of amides is 2. The van der Waals surface area contributed by atoms with Crippen molar-refractivity contribution in [2.75, 3.05) is 39.3 Å². The van der Waals surface area contributed by atoms with Crippen molar-refractivity contribution in [1.29, 1.82) is 0 Å². The maximum Gasteiger partial charge on any atom is 0.270 e. The fourth-order valence-corrected chi connectivity index (χ4v) is 4.86. The molecule has 2 aromatic rings. The summed E-state index contributed by atoms with van der Waals surface area (Å²) in [6, 6.07) is 0. The normalized spacial score (nSPS) is 18.3. The predicted molar refractivity (Wildman–Crippen MR) is 112 cm³/mol. The van der Waals surface area contributed by atoms with Crippen LogP contribution in [-0.2, 0) is 11.8 Å². The molecule has 0 spiro atoms. The number of nitrogens with one attached hydrogen (secondary N) is 1. The molecule has 0 atom stereocenters. The second-order valence-corrected chi connectivity index (χ2v) is 8.70. The first-order valence-corrected chi connectivity index (χ1v) is 11.2. The molecule has 2 amide bonds. The Kier molecular flexibility index (Phi) is 6.25. The Bertz CT molecular complexity index is 849. The Morgan fingerprint density at radius 2 is 1.97 bits per heavy atom. The highest BCUT2D eigenvalue weighted by Gasteiger charge is 2.29. The summed E-state index contributed by atoms with van der Waals surface area (Å²) in [5.41, 5.74) is 1.36. The van der Waals surface area contributed by atoms with Crippen LogP contribution >= 0.6 is 11.3 Å². The number of carbonyl (C=O) groups excluding carboxylic acids is 2. The Morgan fingerprint density at radius 1 is 1.21 bits per heavy atom. The van der Waals surface area contributed by atoms with Gasteiger partial charge in [0.15, 0.2) is 0 Å². The number of aryl methyl sites for hydroxylation is 1. The van der Waals surface area contributed by atoms with E-state index < -0.39 is 0 Å². The van der Waals surface area contributed by atoms with Crippen molar-refractivity contribution in [3.8, 4) is 10.6 Å². The van der Waals surface area contributed by atoms with Gasteiger partial charge in [-0.3, -0.25) is 19.2 Å². The minimum atomic E-state index is -0.147. The zero-order valence-corrected chi connectivity index (χ0v) is 17.7. The lowest BCUT2D eigenvalue weighted by Crippen LogP contribution is -2.51. The van der Waals surface area contributed by atoms with Crippen molar-refractivity contribution in [3.05, 3.63) is 23.5 Å². The molecule has 0 bridgehead atoms. The quantitative estimate of drug-likeness (QED) is 0.774. The molecule has 156 valence electrons. The van der Waals surface area contributed by atoms with E-state index in [-0.39, 0.29) is 11.8 Å². The minimum Gasteiger partial charge on any atom is -0.349 e. The van der Waals surface area contributed by atoms with Gasteiger partial charge in [0.25, 0.3) is 5.91 Å². The summed E-state index contributed by atoms with van der Waals surface area (Å²) in [4.78, 5) is 33.6. The number of thiazole rings is 1. The van der Waals surface area contributed by atoms with Crippen LogP contribution in [0.4, 0.5) is 0 Å². The van der Waals surface area contributed by atoms with Gasteiger partial charge >= 0.3 is 0 Å². The van der Waals surface area contributed by atoms with Crippen molar-refractivity contribution >= 4 is 23.2 Å². The molecule has 0 unspecified atom stereocenters. The molecule has 1 aliphatic carbocycles. The molecule has 2 aliphatic rings. The van der Waals surface area contributed by atoms with E-state index in [9.17, 15) is 9.59 Å². The van der Waals surface area contributed by atoms with Crippen LogP contribution in [0.25, 0.3) is 10.6 Å². The van der Waals surface area contributed by atoms with Crippen molar-refractivity contribution < 1.29 is 9.59 Å². The van der Waals surface area contributed by atoms with Crippen molar-refractivity contribution in [1.82, 2.24) is 29.9 Å². The van der Waals surface area contributed by atoms with Crippen LogP contribution in [0, 0.1) is 5.92 Å². The number of hydrogen-bond acceptors (Lipinski definition) is 6. The summed E-state index contributed by atoms with van der Waals surface area (Å²) in [5, 5.41) is 9.68. The second kappa shape index (κ2) is 9.04. The molecule has 8 nitrogen and oxygen atoms in total. The third-order valence-electron chi connectivity index (χ3n) is 5.79. The van der Waals surface area contributed by atoms with Crippen LogP contribution in [-0.4, -0.2) is 75.6 Å². The molecular formula is C20H28N6O2S. The van der Waals surface area contributed by atoms with Gasteiger partial charge in [-0.05, 0) is 12.8 Å². The first-order chi connectivity index (χ1) is 14.1. The van der Waals surface area contributed by atoms with Crippen LogP contribution in [0.1, 0.15) is 36.2 Å². The molecule has 4 rings (SSSR count). The van der Waals surface area contributed by atoms with Gasteiger partial charge in [-0.15, -0.1) is 11.3 Å². The number of carbonyl (C=O) groups is 2. The Hall–Kier alpha value is -2.26. The lowest BCUT2D eigenvalue weighted by atomic mass is 10.1. The lowest BCUT2D eigenvalue weighted by molar-refractivity contribution is -0.137. The summed E-state index contributed by atoms with van der Waals surface area (Å²) < 4.78 is 1.72. The van der Waals surface area contributed by atoms with Gasteiger partial charge in [0, 0.05) is 69.4 Å². The number of hydrogen-bond donors (Lipinski definition) is 1. The number of piperazine rings is 1. The maximum atomic E-state index is 12.5. The number of rotatable bonds is 6. The molecule has 1 aliphatic heterocycles. The van der Waals surface area contributed by atoms with E-state index in [4.69, 9.17) is 0 Å². The summed E-state index contributed by atoms with van der Waals surface area (Å²) >= 11 is 1.45. The molecule has 2 aromatic heterocycles. The first kappa shape index (κ1) is 20.0. The van der Waals surface area contributed by atoms with Crippen LogP contribution in [0.2, 0.25) is 0 Å². The molecule has 29 heavy (non-hydrogen) atoms. The van der Waals surface area contributed by atoms with Crippen molar-refractivity contribution in [2.45, 2.75) is 25.7 Å². The van der Waals surface area contributed by atoms with E-state index in [1.807, 2.05) is 18.1 Å². The third-order valence-corrected chi connectivity index (χ3v) is 6.68. The molecule has 1 saturated heterocycles. The number of nitrogens with zero attached hydrogens (tertiary/aromatic N) is 5. The first-order valence-electron chi connectivity index (χ1n) is 10.3. The average molecular weight is 417 g/mol. The highest BCUT2D eigenvalue weighted by molar-refractivity contribution is 7.13. The summed E-state index contributed by atoms with van der Waals surface area (Å²) in [6.07, 6.45) is 8.14. The Labute approximate surface area is 174 Å². The standard InChI is InChI=1S/C20H28N6O2S/c1-24-13-16(12-22-24)19-23-17(14-29-19)18(27)21-6-7-25-8-10-26(11-9-25)20(28)15-4-2-3-5-15/h12-15H,2-11H2,1H3,(H,21,27). The second-order valence-electron chi connectivity index (χ2n) is 7.84. The van der Waals surface area contributed by atoms with Gasteiger partial charge in [-0.1, -0.05) is 12.8 Å². The molecule has 1 saturated carbocycles. The lowest BCUT2D eigenvalue weighted by Gasteiger charge is -2.36. The van der Waals surface area contributed by atoms with Crippen molar-refractivity contribution in [3.63, 3.8) is 0 Å². The predicted octanol–water partition coefficient (Wildman–Crippen LogP) is 1.61. The smallest absolute Gasteiger partial charge is 0.270 e. The van der Waals surface area contributed by atoms with E-state index in [0.29, 0.717) is 18.1 Å². The van der Waals surface area contributed by atoms with Gasteiger partial charge in [-0.25, -0.2) is 4.98 Å². The molecule has 1 N–H and O–H groups in total. The van der Waals surface area contributed by atoms with Gasteiger partial charge in [0.2, 0.25) is 5.91 Å². The summed E-state index contributed by atoms with van der Waals surface area (Å²) in [5.74, 6) is 0.463. The molecule has 9 heteroatoms.